The molecule has 1 amide bonds. The van der Waals surface area contributed by atoms with Crippen LogP contribution in [0.2, 0.25) is 0 Å². The maximum atomic E-state index is 12.8. The smallest absolute Gasteiger partial charge is 0.309 e. The number of thiazole rings is 1. The first-order valence-corrected chi connectivity index (χ1v) is 12.5. The average molecular weight is 553 g/mol. The van der Waals surface area contributed by atoms with E-state index in [4.69, 9.17) is 23.7 Å². The molecule has 5 atom stereocenters. The Hall–Kier alpha value is -3.78. The number of aryl methyl sites for hydroxylation is 1. The quantitative estimate of drug-likeness (QED) is 0.343. The van der Waals surface area contributed by atoms with Gasteiger partial charge in [0.25, 0.3) is 0 Å². The van der Waals surface area contributed by atoms with Crippen molar-refractivity contribution in [2.45, 2.75) is 71.3 Å². The number of nitrogens with one attached hydrogen (secondary N) is 1. The van der Waals surface area contributed by atoms with Crippen molar-refractivity contribution in [3.05, 3.63) is 33.9 Å². The molecule has 14 heteroatoms. The minimum atomic E-state index is -1.51. The Morgan fingerprint density at radius 3 is 2.24 bits per heavy atom. The zero-order valence-electron chi connectivity index (χ0n) is 21.2. The van der Waals surface area contributed by atoms with Crippen LogP contribution in [0.1, 0.15) is 34.1 Å². The van der Waals surface area contributed by atoms with Gasteiger partial charge in [-0.15, -0.1) is 0 Å². The molecule has 38 heavy (non-hydrogen) atoms. The minimum Gasteiger partial charge on any atom is -0.463 e. The zero-order chi connectivity index (χ0) is 28.0. The predicted molar refractivity (Wildman–Crippen MR) is 131 cm³/mol. The molecule has 0 bridgehead atoms. The summed E-state index contributed by atoms with van der Waals surface area (Å²) < 4.78 is 29.2. The van der Waals surface area contributed by atoms with Gasteiger partial charge in [-0.2, -0.15) is 0 Å². The fourth-order valence-electron chi connectivity index (χ4n) is 4.01. The number of aromatic nitrogens is 1. The molecule has 2 heterocycles. The van der Waals surface area contributed by atoms with Gasteiger partial charge in [-0.3, -0.25) is 33.3 Å². The molecule has 2 aromatic rings. The van der Waals surface area contributed by atoms with Crippen LogP contribution in [0.15, 0.2) is 29.1 Å². The van der Waals surface area contributed by atoms with Crippen molar-refractivity contribution in [1.29, 1.82) is 0 Å². The van der Waals surface area contributed by atoms with Gasteiger partial charge in [0.2, 0.25) is 12.2 Å². The molecule has 206 valence electrons. The minimum absolute atomic E-state index is 0.0134. The number of hydrogen-bond acceptors (Lipinski definition) is 12. The number of hydrogen-bond donors (Lipinski definition) is 1. The van der Waals surface area contributed by atoms with E-state index in [-0.39, 0.29) is 17.8 Å². The van der Waals surface area contributed by atoms with Crippen molar-refractivity contribution in [2.75, 3.05) is 6.61 Å². The summed E-state index contributed by atoms with van der Waals surface area (Å²) in [5.74, 6) is -3.55. The van der Waals surface area contributed by atoms with E-state index < -0.39 is 67.0 Å². The Labute approximate surface area is 220 Å². The lowest BCUT2D eigenvalue weighted by atomic mass is 9.96. The van der Waals surface area contributed by atoms with Crippen LogP contribution in [0, 0.1) is 0 Å². The summed E-state index contributed by atoms with van der Waals surface area (Å²) >= 11 is 1.04. The van der Waals surface area contributed by atoms with Crippen molar-refractivity contribution >= 4 is 51.3 Å². The van der Waals surface area contributed by atoms with E-state index >= 15 is 0 Å². The lowest BCUT2D eigenvalue weighted by Gasteiger charge is -2.44. The Balaban J connectivity index is 1.85. The Morgan fingerprint density at radius 2 is 1.61 bits per heavy atom. The monoisotopic (exact) mass is 552 g/mol. The summed E-state index contributed by atoms with van der Waals surface area (Å²) in [7, 11) is 0. The maximum absolute atomic E-state index is 12.8. The number of benzene rings is 1. The number of carbonyl (C=O) groups is 5. The van der Waals surface area contributed by atoms with Gasteiger partial charge in [-0.05, 0) is 12.1 Å². The van der Waals surface area contributed by atoms with Crippen LogP contribution < -0.4 is 10.2 Å². The first-order chi connectivity index (χ1) is 18.0. The second-order valence-electron chi connectivity index (χ2n) is 8.45. The highest BCUT2D eigenvalue weighted by Crippen LogP contribution is 2.28. The fraction of sp³-hybridized carbons (Fsp3) is 0.500. The van der Waals surface area contributed by atoms with Gasteiger partial charge in [-0.25, -0.2) is 0 Å². The normalized spacial score (nSPS) is 22.8. The van der Waals surface area contributed by atoms with Gasteiger partial charge in [0.05, 0.1) is 16.6 Å². The van der Waals surface area contributed by atoms with Gasteiger partial charge in [0, 0.05) is 34.2 Å². The highest BCUT2D eigenvalue weighted by molar-refractivity contribution is 7.16. The number of carbonyl (C=O) groups excluding carboxylic acids is 5. The third kappa shape index (κ3) is 7.38. The summed E-state index contributed by atoms with van der Waals surface area (Å²) in [6, 6.07) is 5.85. The lowest BCUT2D eigenvalue weighted by Crippen LogP contribution is -2.66. The van der Waals surface area contributed by atoms with Crippen molar-refractivity contribution in [3.63, 3.8) is 0 Å². The van der Waals surface area contributed by atoms with Gasteiger partial charge >= 0.3 is 28.8 Å². The molecule has 0 radical (unpaired) electrons. The standard InChI is InChI=1S/C24H28N2O11S/c1-12(27)25-20-22(35-15(4)30)21(34-14(3)29)17(11-33-13(2)28)36-23(20)37-19(31)9-10-26-16-7-5-6-8-18(16)38-24(26)32/h5-8,17,20-23H,9-11H2,1-4H3,(H,25,27)/t17-,20+,21+,22-,23+/m0/s1. The number of ether oxygens (including phenoxy) is 5. The highest BCUT2D eigenvalue weighted by atomic mass is 32.1. The number of amides is 1. The van der Waals surface area contributed by atoms with Crippen LogP contribution in [-0.4, -0.2) is 71.6 Å². The van der Waals surface area contributed by atoms with Crippen LogP contribution in [-0.2, 0) is 54.2 Å². The molecule has 1 saturated heterocycles. The lowest BCUT2D eigenvalue weighted by molar-refractivity contribution is -0.271. The van der Waals surface area contributed by atoms with Crippen molar-refractivity contribution in [1.82, 2.24) is 9.88 Å². The summed E-state index contributed by atoms with van der Waals surface area (Å²) in [6.45, 7) is 4.14. The Morgan fingerprint density at radius 1 is 0.947 bits per heavy atom. The van der Waals surface area contributed by atoms with E-state index in [2.05, 4.69) is 5.32 Å². The Kier molecular flexibility index (Phi) is 9.58. The third-order valence-corrected chi connectivity index (χ3v) is 6.39. The van der Waals surface area contributed by atoms with E-state index in [9.17, 15) is 28.8 Å². The van der Waals surface area contributed by atoms with E-state index in [1.165, 1.54) is 11.5 Å². The molecule has 0 unspecified atom stereocenters. The number of nitrogens with zero attached hydrogens (tertiary/aromatic N) is 1. The molecule has 1 aromatic carbocycles. The average Bonchev–Trinajstić information content (AvgIpc) is 3.14. The first kappa shape index (κ1) is 28.8. The fourth-order valence-corrected chi connectivity index (χ4v) is 4.93. The van der Waals surface area contributed by atoms with Gasteiger partial charge in [0.1, 0.15) is 18.8 Å². The van der Waals surface area contributed by atoms with Crippen LogP contribution in [0.25, 0.3) is 10.2 Å². The number of fused-ring (bicyclic) bond motifs is 1. The Bertz CT molecular complexity index is 1270. The SMILES string of the molecule is CC(=O)N[C@H]1[C@@H](OC(=O)CCn2c(=O)sc3ccccc32)O[C@@H](COC(C)=O)[C@@H](OC(C)=O)[C@H]1OC(C)=O. The first-order valence-electron chi connectivity index (χ1n) is 11.6. The molecule has 1 N–H and O–H groups in total. The van der Waals surface area contributed by atoms with Gasteiger partial charge in [-0.1, -0.05) is 23.5 Å². The second kappa shape index (κ2) is 12.6. The van der Waals surface area contributed by atoms with Gasteiger partial charge < -0.3 is 29.0 Å². The summed E-state index contributed by atoms with van der Waals surface area (Å²) in [5.41, 5.74) is 0.668. The van der Waals surface area contributed by atoms with Crippen molar-refractivity contribution in [3.8, 4) is 0 Å². The molecular weight excluding hydrogens is 524 g/mol. The van der Waals surface area contributed by atoms with Crippen LogP contribution in [0.3, 0.4) is 0 Å². The number of para-hydroxylation sites is 1. The third-order valence-electron chi connectivity index (χ3n) is 5.43. The predicted octanol–water partition coefficient (Wildman–Crippen LogP) is 0.652. The molecule has 0 aliphatic carbocycles. The van der Waals surface area contributed by atoms with Crippen LogP contribution >= 0.6 is 11.3 Å². The number of rotatable bonds is 9. The maximum Gasteiger partial charge on any atom is 0.309 e. The summed E-state index contributed by atoms with van der Waals surface area (Å²) in [5, 5.41) is 2.51. The van der Waals surface area contributed by atoms with Crippen molar-refractivity contribution < 1.29 is 47.7 Å². The van der Waals surface area contributed by atoms with Crippen molar-refractivity contribution in [2.24, 2.45) is 0 Å². The zero-order valence-corrected chi connectivity index (χ0v) is 22.0. The molecule has 1 aromatic heterocycles. The van der Waals surface area contributed by atoms with E-state index in [0.717, 1.165) is 36.8 Å². The van der Waals surface area contributed by atoms with E-state index in [0.29, 0.717) is 5.52 Å². The highest BCUT2D eigenvalue weighted by Gasteiger charge is 2.52. The summed E-state index contributed by atoms with van der Waals surface area (Å²) in [4.78, 5) is 72.1. The second-order valence-corrected chi connectivity index (χ2v) is 9.44. The molecular formula is C24H28N2O11S. The molecule has 0 spiro atoms. The largest absolute Gasteiger partial charge is 0.463 e. The van der Waals surface area contributed by atoms with E-state index in [1.54, 1.807) is 24.3 Å². The topological polar surface area (TPSA) is 166 Å². The van der Waals surface area contributed by atoms with Crippen LogP contribution in [0.5, 0.6) is 0 Å². The molecule has 1 aliphatic heterocycles. The molecule has 0 saturated carbocycles. The number of esters is 4. The summed E-state index contributed by atoms with van der Waals surface area (Å²) in [6.07, 6.45) is -5.61. The molecule has 1 fully saturated rings. The van der Waals surface area contributed by atoms with Crippen LogP contribution in [0.4, 0.5) is 0 Å². The molecule has 13 nitrogen and oxygen atoms in total. The molecule has 3 rings (SSSR count). The van der Waals surface area contributed by atoms with E-state index in [1.807, 2.05) is 0 Å². The van der Waals surface area contributed by atoms with Gasteiger partial charge in [0.15, 0.2) is 12.2 Å². The molecule has 1 aliphatic rings.